The van der Waals surface area contributed by atoms with E-state index < -0.39 is 6.23 Å². The van der Waals surface area contributed by atoms with Gasteiger partial charge in [-0.3, -0.25) is 0 Å². The summed E-state index contributed by atoms with van der Waals surface area (Å²) in [6, 6.07) is 17.5. The Hall–Kier alpha value is -2.00. The molecule has 2 aromatic rings. The first-order chi connectivity index (χ1) is 8.66. The predicted molar refractivity (Wildman–Crippen MR) is 75.8 cm³/mol. The SMILES string of the molecule is CN(C)c1ccc(C(O)Nc2ccccc2)cc1. The lowest BCUT2D eigenvalue weighted by Crippen LogP contribution is -2.11. The Morgan fingerprint density at radius 1 is 0.944 bits per heavy atom. The van der Waals surface area contributed by atoms with Gasteiger partial charge in [0, 0.05) is 31.0 Å². The molecule has 0 aliphatic heterocycles. The minimum atomic E-state index is -0.691. The molecule has 0 saturated heterocycles. The molecule has 1 atom stereocenters. The van der Waals surface area contributed by atoms with E-state index in [2.05, 4.69) is 5.32 Å². The van der Waals surface area contributed by atoms with Gasteiger partial charge in [-0.1, -0.05) is 30.3 Å². The molecule has 0 amide bonds. The van der Waals surface area contributed by atoms with Crippen LogP contribution in [0.4, 0.5) is 11.4 Å². The standard InChI is InChI=1S/C15H18N2O/c1-17(2)14-10-8-12(9-11-14)15(18)16-13-6-4-3-5-7-13/h3-11,15-16,18H,1-2H3. The summed E-state index contributed by atoms with van der Waals surface area (Å²) in [5.41, 5.74) is 2.87. The van der Waals surface area contributed by atoms with Gasteiger partial charge >= 0.3 is 0 Å². The highest BCUT2D eigenvalue weighted by molar-refractivity contribution is 5.48. The van der Waals surface area contributed by atoms with E-state index in [-0.39, 0.29) is 0 Å². The Bertz CT molecular complexity index is 480. The van der Waals surface area contributed by atoms with Crippen molar-refractivity contribution in [2.24, 2.45) is 0 Å². The van der Waals surface area contributed by atoms with E-state index in [4.69, 9.17) is 0 Å². The van der Waals surface area contributed by atoms with Crippen molar-refractivity contribution in [1.29, 1.82) is 0 Å². The number of nitrogens with zero attached hydrogens (tertiary/aromatic N) is 1. The third kappa shape index (κ3) is 3.02. The Balaban J connectivity index is 2.07. The molecule has 0 heterocycles. The first-order valence-electron chi connectivity index (χ1n) is 5.94. The van der Waals surface area contributed by atoms with Crippen LogP contribution in [0.5, 0.6) is 0 Å². The molecule has 3 heteroatoms. The quantitative estimate of drug-likeness (QED) is 0.809. The van der Waals surface area contributed by atoms with E-state index in [1.54, 1.807) is 0 Å². The highest BCUT2D eigenvalue weighted by Crippen LogP contribution is 2.19. The first kappa shape index (κ1) is 12.5. The zero-order valence-corrected chi connectivity index (χ0v) is 10.7. The van der Waals surface area contributed by atoms with Crippen LogP contribution in [0.3, 0.4) is 0 Å². The lowest BCUT2D eigenvalue weighted by Gasteiger charge is -2.17. The molecule has 2 aromatic carbocycles. The summed E-state index contributed by atoms with van der Waals surface area (Å²) in [6.07, 6.45) is -0.691. The van der Waals surface area contributed by atoms with Crippen molar-refractivity contribution in [2.75, 3.05) is 24.3 Å². The number of aliphatic hydroxyl groups excluding tert-OH is 1. The van der Waals surface area contributed by atoms with Crippen LogP contribution in [0, 0.1) is 0 Å². The third-order valence-corrected chi connectivity index (χ3v) is 2.80. The number of hydrogen-bond donors (Lipinski definition) is 2. The van der Waals surface area contributed by atoms with E-state index in [1.165, 1.54) is 0 Å². The molecule has 2 rings (SSSR count). The van der Waals surface area contributed by atoms with Crippen molar-refractivity contribution in [3.05, 3.63) is 60.2 Å². The zero-order valence-electron chi connectivity index (χ0n) is 10.7. The van der Waals surface area contributed by atoms with Crippen molar-refractivity contribution in [1.82, 2.24) is 0 Å². The number of hydrogen-bond acceptors (Lipinski definition) is 3. The van der Waals surface area contributed by atoms with Gasteiger partial charge in [-0.15, -0.1) is 0 Å². The monoisotopic (exact) mass is 242 g/mol. The summed E-state index contributed by atoms with van der Waals surface area (Å²) >= 11 is 0. The molecule has 0 aliphatic rings. The first-order valence-corrected chi connectivity index (χ1v) is 5.94. The van der Waals surface area contributed by atoms with Crippen LogP contribution in [0.25, 0.3) is 0 Å². The number of benzene rings is 2. The molecule has 0 saturated carbocycles. The number of anilines is 2. The average molecular weight is 242 g/mol. The smallest absolute Gasteiger partial charge is 0.150 e. The summed E-state index contributed by atoms with van der Waals surface area (Å²) in [5.74, 6) is 0. The van der Waals surface area contributed by atoms with Crippen molar-refractivity contribution < 1.29 is 5.11 Å². The Kier molecular flexibility index (Phi) is 3.85. The summed E-state index contributed by atoms with van der Waals surface area (Å²) in [5, 5.41) is 13.1. The molecule has 1 unspecified atom stereocenters. The summed E-state index contributed by atoms with van der Waals surface area (Å²) in [7, 11) is 3.99. The van der Waals surface area contributed by atoms with Crippen molar-refractivity contribution >= 4 is 11.4 Å². The Morgan fingerprint density at radius 3 is 2.11 bits per heavy atom. The van der Waals surface area contributed by atoms with Crippen molar-refractivity contribution in [3.63, 3.8) is 0 Å². The molecule has 0 radical (unpaired) electrons. The number of para-hydroxylation sites is 1. The van der Waals surface area contributed by atoms with Gasteiger partial charge in [0.15, 0.2) is 6.23 Å². The van der Waals surface area contributed by atoms with Gasteiger partial charge in [0.25, 0.3) is 0 Å². The minimum Gasteiger partial charge on any atom is -0.378 e. The highest BCUT2D eigenvalue weighted by Gasteiger charge is 2.06. The van der Waals surface area contributed by atoms with E-state index in [1.807, 2.05) is 73.6 Å². The van der Waals surface area contributed by atoms with Crippen LogP contribution in [0.1, 0.15) is 11.8 Å². The second-order valence-electron chi connectivity index (χ2n) is 4.40. The van der Waals surface area contributed by atoms with E-state index in [0.29, 0.717) is 0 Å². The van der Waals surface area contributed by atoms with Gasteiger partial charge in [0.1, 0.15) is 0 Å². The molecule has 0 bridgehead atoms. The molecule has 18 heavy (non-hydrogen) atoms. The van der Waals surface area contributed by atoms with Crippen LogP contribution in [0.15, 0.2) is 54.6 Å². The van der Waals surface area contributed by atoms with Gasteiger partial charge in [-0.25, -0.2) is 0 Å². The number of aliphatic hydroxyl groups is 1. The van der Waals surface area contributed by atoms with Crippen molar-refractivity contribution in [2.45, 2.75) is 6.23 Å². The molecule has 94 valence electrons. The highest BCUT2D eigenvalue weighted by atomic mass is 16.3. The van der Waals surface area contributed by atoms with Crippen LogP contribution in [0.2, 0.25) is 0 Å². The second kappa shape index (κ2) is 5.56. The normalized spacial score (nSPS) is 11.9. The molecule has 0 spiro atoms. The van der Waals surface area contributed by atoms with Gasteiger partial charge in [0.05, 0.1) is 0 Å². The summed E-state index contributed by atoms with van der Waals surface area (Å²) < 4.78 is 0. The maximum Gasteiger partial charge on any atom is 0.150 e. The number of rotatable bonds is 4. The fraction of sp³-hybridized carbons (Fsp3) is 0.200. The molecule has 0 fully saturated rings. The Labute approximate surface area is 108 Å². The average Bonchev–Trinajstić information content (AvgIpc) is 2.40. The van der Waals surface area contributed by atoms with Gasteiger partial charge in [-0.2, -0.15) is 0 Å². The molecule has 2 N–H and O–H groups in total. The van der Waals surface area contributed by atoms with Crippen LogP contribution < -0.4 is 10.2 Å². The number of nitrogens with one attached hydrogen (secondary N) is 1. The Morgan fingerprint density at radius 2 is 1.56 bits per heavy atom. The van der Waals surface area contributed by atoms with Gasteiger partial charge in [-0.05, 0) is 24.3 Å². The van der Waals surface area contributed by atoms with E-state index >= 15 is 0 Å². The van der Waals surface area contributed by atoms with E-state index in [0.717, 1.165) is 16.9 Å². The second-order valence-corrected chi connectivity index (χ2v) is 4.40. The van der Waals surface area contributed by atoms with Gasteiger partial charge in [0.2, 0.25) is 0 Å². The molecule has 3 nitrogen and oxygen atoms in total. The van der Waals surface area contributed by atoms with E-state index in [9.17, 15) is 5.11 Å². The molecular formula is C15H18N2O. The zero-order chi connectivity index (χ0) is 13.0. The van der Waals surface area contributed by atoms with Crippen LogP contribution >= 0.6 is 0 Å². The lowest BCUT2D eigenvalue weighted by molar-refractivity contribution is 0.208. The molecular weight excluding hydrogens is 224 g/mol. The van der Waals surface area contributed by atoms with Crippen LogP contribution in [-0.2, 0) is 0 Å². The molecule has 0 aromatic heterocycles. The maximum atomic E-state index is 10.1. The summed E-state index contributed by atoms with van der Waals surface area (Å²) in [4.78, 5) is 2.03. The fourth-order valence-corrected chi connectivity index (χ4v) is 1.73. The van der Waals surface area contributed by atoms with Crippen LogP contribution in [-0.4, -0.2) is 19.2 Å². The van der Waals surface area contributed by atoms with Crippen molar-refractivity contribution in [3.8, 4) is 0 Å². The summed E-state index contributed by atoms with van der Waals surface area (Å²) in [6.45, 7) is 0. The third-order valence-electron chi connectivity index (χ3n) is 2.80. The van der Waals surface area contributed by atoms with Gasteiger partial charge < -0.3 is 15.3 Å². The topological polar surface area (TPSA) is 35.5 Å². The largest absolute Gasteiger partial charge is 0.378 e. The minimum absolute atomic E-state index is 0.691. The maximum absolute atomic E-state index is 10.1. The fourth-order valence-electron chi connectivity index (χ4n) is 1.73. The lowest BCUT2D eigenvalue weighted by atomic mass is 10.1. The molecule has 0 aliphatic carbocycles. The predicted octanol–water partition coefficient (Wildman–Crippen LogP) is 2.86.